The van der Waals surface area contributed by atoms with Crippen LogP contribution < -0.4 is 9.47 Å². The average molecular weight is 222 g/mol. The summed E-state index contributed by atoms with van der Waals surface area (Å²) < 4.78 is 10.9. The minimum atomic E-state index is -0.323. The molecular formula is C13H18O3. The van der Waals surface area contributed by atoms with Gasteiger partial charge in [0, 0.05) is 6.07 Å². The topological polar surface area (TPSA) is 38.7 Å². The van der Waals surface area contributed by atoms with Gasteiger partial charge in [-0.05, 0) is 37.8 Å². The van der Waals surface area contributed by atoms with E-state index in [1.807, 2.05) is 31.2 Å². The van der Waals surface area contributed by atoms with Crippen molar-refractivity contribution in [1.82, 2.24) is 0 Å². The number of hydrogen-bond acceptors (Lipinski definition) is 3. The quantitative estimate of drug-likeness (QED) is 0.802. The van der Waals surface area contributed by atoms with Crippen molar-refractivity contribution in [3.05, 3.63) is 24.3 Å². The molecule has 0 bridgehead atoms. The lowest BCUT2D eigenvalue weighted by molar-refractivity contribution is 0.0893. The van der Waals surface area contributed by atoms with Crippen LogP contribution in [0.15, 0.2) is 24.3 Å². The molecule has 0 aromatic heterocycles. The largest absolute Gasteiger partial charge is 0.494 e. The van der Waals surface area contributed by atoms with E-state index in [1.165, 1.54) is 0 Å². The van der Waals surface area contributed by atoms with Gasteiger partial charge in [0.25, 0.3) is 0 Å². The molecule has 1 aliphatic rings. The zero-order chi connectivity index (χ0) is 11.4. The Kier molecular flexibility index (Phi) is 3.67. The summed E-state index contributed by atoms with van der Waals surface area (Å²) in [6, 6.07) is 7.52. The van der Waals surface area contributed by atoms with Gasteiger partial charge in [-0.15, -0.1) is 0 Å². The molecule has 1 atom stereocenters. The smallest absolute Gasteiger partial charge is 0.123 e. The molecule has 1 aromatic carbocycles. The van der Waals surface area contributed by atoms with Gasteiger partial charge in [-0.25, -0.2) is 0 Å². The summed E-state index contributed by atoms with van der Waals surface area (Å²) in [4.78, 5) is 0. The molecule has 0 spiro atoms. The van der Waals surface area contributed by atoms with Crippen LogP contribution in [-0.2, 0) is 0 Å². The molecule has 88 valence electrons. The van der Waals surface area contributed by atoms with Crippen LogP contribution in [0.5, 0.6) is 11.5 Å². The van der Waals surface area contributed by atoms with Crippen LogP contribution in [0.25, 0.3) is 0 Å². The number of aliphatic hydroxyl groups is 1. The number of rotatable bonds is 6. The fourth-order valence-corrected chi connectivity index (χ4v) is 1.62. The van der Waals surface area contributed by atoms with E-state index < -0.39 is 0 Å². The van der Waals surface area contributed by atoms with Gasteiger partial charge in [0.15, 0.2) is 0 Å². The second kappa shape index (κ2) is 5.21. The molecule has 2 rings (SSSR count). The van der Waals surface area contributed by atoms with Gasteiger partial charge in [0.1, 0.15) is 18.1 Å². The summed E-state index contributed by atoms with van der Waals surface area (Å²) in [5.41, 5.74) is 0. The highest BCUT2D eigenvalue weighted by molar-refractivity contribution is 5.32. The van der Waals surface area contributed by atoms with Crippen LogP contribution in [0, 0.1) is 5.92 Å². The van der Waals surface area contributed by atoms with Crippen LogP contribution in [0.4, 0.5) is 0 Å². The summed E-state index contributed by atoms with van der Waals surface area (Å²) in [5, 5.41) is 9.67. The van der Waals surface area contributed by atoms with Crippen LogP contribution >= 0.6 is 0 Å². The summed E-state index contributed by atoms with van der Waals surface area (Å²) in [6.45, 7) is 2.97. The highest BCUT2D eigenvalue weighted by Crippen LogP contribution is 2.32. The Balaban J connectivity index is 1.85. The molecule has 1 N–H and O–H groups in total. The SMILES string of the molecule is CCOc1cccc(OCC(O)C2CC2)c1. The Morgan fingerprint density at radius 3 is 2.62 bits per heavy atom. The Bertz CT molecular complexity index is 334. The first-order valence-electron chi connectivity index (χ1n) is 5.83. The average Bonchev–Trinajstić information content (AvgIpc) is 3.11. The van der Waals surface area contributed by atoms with Crippen LogP contribution in [0.1, 0.15) is 19.8 Å². The summed E-state index contributed by atoms with van der Waals surface area (Å²) in [5.74, 6) is 2.02. The van der Waals surface area contributed by atoms with E-state index in [0.717, 1.165) is 24.3 Å². The molecule has 1 fully saturated rings. The molecule has 0 heterocycles. The Morgan fingerprint density at radius 1 is 1.31 bits per heavy atom. The van der Waals surface area contributed by atoms with Gasteiger partial charge in [0.2, 0.25) is 0 Å². The van der Waals surface area contributed by atoms with Gasteiger partial charge in [-0.3, -0.25) is 0 Å². The second-order valence-corrected chi connectivity index (χ2v) is 4.12. The zero-order valence-corrected chi connectivity index (χ0v) is 9.56. The first-order chi connectivity index (χ1) is 7.79. The zero-order valence-electron chi connectivity index (χ0n) is 9.56. The highest BCUT2D eigenvalue weighted by Gasteiger charge is 2.29. The highest BCUT2D eigenvalue weighted by atomic mass is 16.5. The number of ether oxygens (including phenoxy) is 2. The van der Waals surface area contributed by atoms with E-state index in [2.05, 4.69) is 0 Å². The molecule has 16 heavy (non-hydrogen) atoms. The van der Waals surface area contributed by atoms with E-state index in [0.29, 0.717) is 19.1 Å². The Morgan fingerprint density at radius 2 is 2.00 bits per heavy atom. The van der Waals surface area contributed by atoms with Crippen LogP contribution in [0.2, 0.25) is 0 Å². The number of benzene rings is 1. The molecule has 0 radical (unpaired) electrons. The third-order valence-corrected chi connectivity index (χ3v) is 2.70. The van der Waals surface area contributed by atoms with Gasteiger partial charge in [0.05, 0.1) is 12.7 Å². The normalized spacial score (nSPS) is 16.9. The Labute approximate surface area is 96.0 Å². The first-order valence-corrected chi connectivity index (χ1v) is 5.83. The third kappa shape index (κ3) is 3.14. The van der Waals surface area contributed by atoms with Crippen molar-refractivity contribution in [2.75, 3.05) is 13.2 Å². The minimum Gasteiger partial charge on any atom is -0.494 e. The fraction of sp³-hybridized carbons (Fsp3) is 0.538. The van der Waals surface area contributed by atoms with Crippen LogP contribution in [0.3, 0.4) is 0 Å². The van der Waals surface area contributed by atoms with E-state index >= 15 is 0 Å². The van der Waals surface area contributed by atoms with Crippen molar-refractivity contribution in [3.8, 4) is 11.5 Å². The van der Waals surface area contributed by atoms with Crippen molar-refractivity contribution >= 4 is 0 Å². The molecule has 1 saturated carbocycles. The molecule has 0 saturated heterocycles. The minimum absolute atomic E-state index is 0.323. The first kappa shape index (κ1) is 11.3. The summed E-state index contributed by atoms with van der Waals surface area (Å²) in [6.07, 6.45) is 1.93. The molecule has 1 aromatic rings. The van der Waals surface area contributed by atoms with E-state index in [9.17, 15) is 5.11 Å². The summed E-state index contributed by atoms with van der Waals surface area (Å²) >= 11 is 0. The summed E-state index contributed by atoms with van der Waals surface area (Å²) in [7, 11) is 0. The molecular weight excluding hydrogens is 204 g/mol. The standard InChI is InChI=1S/C13H18O3/c1-2-15-11-4-3-5-12(8-11)16-9-13(14)10-6-7-10/h3-5,8,10,13-14H,2,6-7,9H2,1H3. The predicted molar refractivity (Wildman–Crippen MR) is 61.8 cm³/mol. The van der Waals surface area contributed by atoms with Gasteiger partial charge >= 0.3 is 0 Å². The van der Waals surface area contributed by atoms with E-state index in [4.69, 9.17) is 9.47 Å². The number of aliphatic hydroxyl groups excluding tert-OH is 1. The van der Waals surface area contributed by atoms with Crippen molar-refractivity contribution in [2.45, 2.75) is 25.9 Å². The molecule has 0 amide bonds. The monoisotopic (exact) mass is 222 g/mol. The van der Waals surface area contributed by atoms with E-state index in [-0.39, 0.29) is 6.10 Å². The molecule has 0 aliphatic heterocycles. The molecule has 3 heteroatoms. The van der Waals surface area contributed by atoms with Crippen molar-refractivity contribution in [3.63, 3.8) is 0 Å². The van der Waals surface area contributed by atoms with Gasteiger partial charge in [-0.2, -0.15) is 0 Å². The van der Waals surface area contributed by atoms with Crippen molar-refractivity contribution in [2.24, 2.45) is 5.92 Å². The maximum Gasteiger partial charge on any atom is 0.123 e. The van der Waals surface area contributed by atoms with Crippen molar-refractivity contribution in [1.29, 1.82) is 0 Å². The maximum absolute atomic E-state index is 9.67. The van der Waals surface area contributed by atoms with Gasteiger partial charge < -0.3 is 14.6 Å². The van der Waals surface area contributed by atoms with Gasteiger partial charge in [-0.1, -0.05) is 6.07 Å². The lowest BCUT2D eigenvalue weighted by Crippen LogP contribution is -2.19. The number of hydrogen-bond donors (Lipinski definition) is 1. The Hall–Kier alpha value is -1.22. The predicted octanol–water partition coefficient (Wildman–Crippen LogP) is 2.23. The molecule has 1 unspecified atom stereocenters. The third-order valence-electron chi connectivity index (χ3n) is 2.70. The lowest BCUT2D eigenvalue weighted by atomic mass is 10.2. The second-order valence-electron chi connectivity index (χ2n) is 4.12. The van der Waals surface area contributed by atoms with E-state index in [1.54, 1.807) is 0 Å². The fourth-order valence-electron chi connectivity index (χ4n) is 1.62. The molecule has 3 nitrogen and oxygen atoms in total. The lowest BCUT2D eigenvalue weighted by Gasteiger charge is -2.12. The maximum atomic E-state index is 9.67. The molecule has 1 aliphatic carbocycles. The van der Waals surface area contributed by atoms with Crippen molar-refractivity contribution < 1.29 is 14.6 Å². The van der Waals surface area contributed by atoms with Crippen LogP contribution in [-0.4, -0.2) is 24.4 Å².